The van der Waals surface area contributed by atoms with Crippen molar-refractivity contribution in [3.05, 3.63) is 51.8 Å². The molecule has 2 aliphatic rings. The van der Waals surface area contributed by atoms with Gasteiger partial charge >= 0.3 is 0 Å². The molecule has 1 aromatic heterocycles. The highest BCUT2D eigenvalue weighted by atomic mass is 32.1. The summed E-state index contributed by atoms with van der Waals surface area (Å²) >= 11 is 1.93. The summed E-state index contributed by atoms with van der Waals surface area (Å²) in [5, 5.41) is 3.23. The van der Waals surface area contributed by atoms with Crippen LogP contribution in [0, 0.1) is 5.92 Å². The van der Waals surface area contributed by atoms with Crippen molar-refractivity contribution in [1.82, 2.24) is 5.32 Å². The van der Waals surface area contributed by atoms with E-state index in [1.54, 1.807) is 0 Å². The third kappa shape index (κ3) is 3.20. The molecule has 0 saturated heterocycles. The molecule has 2 nitrogen and oxygen atoms in total. The maximum absolute atomic E-state index is 5.90. The van der Waals surface area contributed by atoms with Gasteiger partial charge in [0.1, 0.15) is 0 Å². The number of fused-ring (bicyclic) bond motifs is 1. The van der Waals surface area contributed by atoms with Crippen LogP contribution in [-0.2, 0) is 11.2 Å². The first-order valence-electron chi connectivity index (χ1n) is 7.77. The number of ether oxygens (including phenoxy) is 1. The molecule has 0 bridgehead atoms. The molecule has 2 heterocycles. The van der Waals surface area contributed by atoms with E-state index >= 15 is 0 Å². The normalized spacial score (nSPS) is 24.6. The van der Waals surface area contributed by atoms with Crippen molar-refractivity contribution < 1.29 is 4.74 Å². The molecule has 1 N–H and O–H groups in total. The largest absolute Gasteiger partial charge is 0.372 e. The Kier molecular flexibility index (Phi) is 4.73. The molecule has 0 fully saturated rings. The number of thiophene rings is 1. The van der Waals surface area contributed by atoms with Crippen LogP contribution >= 0.6 is 11.3 Å². The molecule has 0 spiro atoms. The fourth-order valence-electron chi connectivity index (χ4n) is 2.88. The maximum atomic E-state index is 5.90. The molecular weight excluding hydrogens is 278 g/mol. The van der Waals surface area contributed by atoms with Crippen molar-refractivity contribution in [3.63, 3.8) is 0 Å². The van der Waals surface area contributed by atoms with E-state index < -0.39 is 0 Å². The van der Waals surface area contributed by atoms with Gasteiger partial charge in [-0.15, -0.1) is 11.3 Å². The van der Waals surface area contributed by atoms with E-state index in [2.05, 4.69) is 48.7 Å². The van der Waals surface area contributed by atoms with Crippen LogP contribution in [0.2, 0.25) is 0 Å². The summed E-state index contributed by atoms with van der Waals surface area (Å²) in [6, 6.07) is 2.33. The Morgan fingerprint density at radius 2 is 2.29 bits per heavy atom. The lowest BCUT2D eigenvalue weighted by molar-refractivity contribution is 0.0451. The zero-order chi connectivity index (χ0) is 14.7. The molecule has 2 unspecified atom stereocenters. The topological polar surface area (TPSA) is 21.3 Å². The minimum atomic E-state index is 0.207. The molecule has 1 aliphatic carbocycles. The van der Waals surface area contributed by atoms with E-state index in [1.165, 1.54) is 20.9 Å². The number of hydrogen-bond donors (Lipinski definition) is 1. The number of nitrogens with one attached hydrogen (secondary N) is 1. The molecule has 3 rings (SSSR count). The number of allylic oxidation sites excluding steroid dienone is 6. The van der Waals surface area contributed by atoms with Gasteiger partial charge in [-0.2, -0.15) is 0 Å². The summed E-state index contributed by atoms with van der Waals surface area (Å²) in [7, 11) is 1.98. The van der Waals surface area contributed by atoms with Gasteiger partial charge in [-0.1, -0.05) is 37.3 Å². The standard InChI is InChI=1S/C18H23NOS/c1-3-13-5-4-6-14(8-7-13)18-11-15-16(12-19-2)20-10-9-17(15)21-18/h4-8,11,13,16,19H,3,9-10,12H2,1-2H3. The summed E-state index contributed by atoms with van der Waals surface area (Å²) in [6.07, 6.45) is 13.7. The van der Waals surface area contributed by atoms with Gasteiger partial charge in [0.25, 0.3) is 0 Å². The number of hydrogen-bond acceptors (Lipinski definition) is 3. The lowest BCUT2D eigenvalue weighted by Crippen LogP contribution is -2.24. The Labute approximate surface area is 131 Å². The molecule has 0 aromatic carbocycles. The summed E-state index contributed by atoms with van der Waals surface area (Å²) in [5.74, 6) is 0.564. The van der Waals surface area contributed by atoms with Crippen molar-refractivity contribution in [2.45, 2.75) is 25.9 Å². The first kappa shape index (κ1) is 14.8. The Balaban J connectivity index is 1.88. The third-order valence-electron chi connectivity index (χ3n) is 4.14. The lowest BCUT2D eigenvalue weighted by atomic mass is 10.0. The second-order valence-electron chi connectivity index (χ2n) is 5.59. The molecule has 1 aliphatic heterocycles. The van der Waals surface area contributed by atoms with Crippen LogP contribution in [0.1, 0.15) is 34.8 Å². The van der Waals surface area contributed by atoms with Crippen molar-refractivity contribution in [1.29, 1.82) is 0 Å². The Morgan fingerprint density at radius 1 is 1.38 bits per heavy atom. The summed E-state index contributed by atoms with van der Waals surface area (Å²) in [5.41, 5.74) is 2.70. The molecular formula is C18H23NOS. The van der Waals surface area contributed by atoms with Crippen molar-refractivity contribution in [3.8, 4) is 0 Å². The second kappa shape index (κ2) is 6.73. The average molecular weight is 301 g/mol. The zero-order valence-electron chi connectivity index (χ0n) is 12.8. The molecule has 2 atom stereocenters. The van der Waals surface area contributed by atoms with Crippen molar-refractivity contribution in [2.75, 3.05) is 20.2 Å². The predicted octanol–water partition coefficient (Wildman–Crippen LogP) is 4.12. The number of rotatable bonds is 4. The van der Waals surface area contributed by atoms with E-state index in [0.717, 1.165) is 26.0 Å². The highest BCUT2D eigenvalue weighted by Crippen LogP contribution is 2.37. The quantitative estimate of drug-likeness (QED) is 0.903. The van der Waals surface area contributed by atoms with Crippen LogP contribution in [0.3, 0.4) is 0 Å². The highest BCUT2D eigenvalue weighted by molar-refractivity contribution is 7.13. The molecule has 0 radical (unpaired) electrons. The summed E-state index contributed by atoms with van der Waals surface area (Å²) in [6.45, 7) is 3.95. The van der Waals surface area contributed by atoms with Crippen LogP contribution < -0.4 is 5.32 Å². The first-order chi connectivity index (χ1) is 10.3. The maximum Gasteiger partial charge on any atom is 0.0960 e. The van der Waals surface area contributed by atoms with Crippen LogP contribution in [-0.4, -0.2) is 20.2 Å². The van der Waals surface area contributed by atoms with Crippen LogP contribution in [0.4, 0.5) is 0 Å². The second-order valence-corrected chi connectivity index (χ2v) is 6.73. The predicted molar refractivity (Wildman–Crippen MR) is 90.7 cm³/mol. The molecule has 112 valence electrons. The summed E-state index contributed by atoms with van der Waals surface area (Å²) < 4.78 is 5.90. The lowest BCUT2D eigenvalue weighted by Gasteiger charge is -2.22. The first-order valence-corrected chi connectivity index (χ1v) is 8.59. The van der Waals surface area contributed by atoms with Crippen LogP contribution in [0.5, 0.6) is 0 Å². The smallest absolute Gasteiger partial charge is 0.0960 e. The fraction of sp³-hybridized carbons (Fsp3) is 0.444. The molecule has 21 heavy (non-hydrogen) atoms. The molecule has 0 saturated carbocycles. The van der Waals surface area contributed by atoms with Gasteiger partial charge in [0.2, 0.25) is 0 Å². The molecule has 3 heteroatoms. The van der Waals surface area contributed by atoms with Crippen LogP contribution in [0.15, 0.2) is 36.4 Å². The number of likely N-dealkylation sites (N-methyl/N-ethyl adjacent to an activating group) is 1. The Hall–Kier alpha value is -1.16. The Bertz CT molecular complexity index is 582. The van der Waals surface area contributed by atoms with E-state index in [4.69, 9.17) is 4.74 Å². The van der Waals surface area contributed by atoms with Gasteiger partial charge < -0.3 is 10.1 Å². The van der Waals surface area contributed by atoms with Gasteiger partial charge in [-0.25, -0.2) is 0 Å². The monoisotopic (exact) mass is 301 g/mol. The van der Waals surface area contributed by atoms with Gasteiger partial charge in [0.15, 0.2) is 0 Å². The van der Waals surface area contributed by atoms with Gasteiger partial charge in [-0.05, 0) is 36.6 Å². The average Bonchev–Trinajstić information content (AvgIpc) is 2.79. The Morgan fingerprint density at radius 3 is 3.10 bits per heavy atom. The molecule has 0 amide bonds. The van der Waals surface area contributed by atoms with Crippen molar-refractivity contribution in [2.24, 2.45) is 5.92 Å². The SMILES string of the molecule is CCC1C=CC=C(c2cc3c(s2)CCOC3CNC)C=C1. The van der Waals surface area contributed by atoms with E-state index in [-0.39, 0.29) is 6.10 Å². The fourth-order valence-corrected chi connectivity index (χ4v) is 4.08. The zero-order valence-corrected chi connectivity index (χ0v) is 13.6. The highest BCUT2D eigenvalue weighted by Gasteiger charge is 2.23. The van der Waals surface area contributed by atoms with Gasteiger partial charge in [-0.3, -0.25) is 0 Å². The van der Waals surface area contributed by atoms with Crippen LogP contribution in [0.25, 0.3) is 5.57 Å². The van der Waals surface area contributed by atoms with E-state index in [9.17, 15) is 0 Å². The van der Waals surface area contributed by atoms with Gasteiger partial charge in [0, 0.05) is 22.7 Å². The summed E-state index contributed by atoms with van der Waals surface area (Å²) in [4.78, 5) is 2.86. The molecule has 1 aromatic rings. The van der Waals surface area contributed by atoms with E-state index in [0.29, 0.717) is 5.92 Å². The van der Waals surface area contributed by atoms with E-state index in [1.807, 2.05) is 18.4 Å². The van der Waals surface area contributed by atoms with Gasteiger partial charge in [0.05, 0.1) is 12.7 Å². The minimum absolute atomic E-state index is 0.207. The third-order valence-corrected chi connectivity index (χ3v) is 5.40. The minimum Gasteiger partial charge on any atom is -0.372 e. The van der Waals surface area contributed by atoms with Crippen molar-refractivity contribution >= 4 is 16.9 Å².